The molecule has 0 aliphatic carbocycles. The number of aryl methyl sites for hydroxylation is 1. The van der Waals surface area contributed by atoms with E-state index in [0.29, 0.717) is 33.9 Å². The molecular weight excluding hydrogens is 544 g/mol. The van der Waals surface area contributed by atoms with E-state index in [4.69, 9.17) is 9.84 Å². The maximum atomic E-state index is 12.7. The lowest BCUT2D eigenvalue weighted by Gasteiger charge is -2.18. The van der Waals surface area contributed by atoms with Crippen LogP contribution in [-0.2, 0) is 25.6 Å². The lowest BCUT2D eigenvalue weighted by atomic mass is 10.0. The number of carboxylic acid groups (broad SMARTS) is 2. The molecule has 0 bridgehead atoms. The Morgan fingerprint density at radius 3 is 2.12 bits per heavy atom. The predicted molar refractivity (Wildman–Crippen MR) is 156 cm³/mol. The minimum atomic E-state index is -1.14. The van der Waals surface area contributed by atoms with Crippen LogP contribution in [0.5, 0.6) is 5.75 Å². The van der Waals surface area contributed by atoms with Crippen molar-refractivity contribution in [3.8, 4) is 5.75 Å². The first-order valence-electron chi connectivity index (χ1n) is 13.0. The molecule has 4 amide bonds. The van der Waals surface area contributed by atoms with Crippen LogP contribution in [0, 0.1) is 6.92 Å². The molecule has 0 heterocycles. The number of hydrogen-bond acceptors (Lipinski definition) is 6. The Hall–Kier alpha value is -5.39. The Bertz CT molecular complexity index is 1460. The summed E-state index contributed by atoms with van der Waals surface area (Å²) in [7, 11) is 1.46. The van der Waals surface area contributed by atoms with Gasteiger partial charge >= 0.3 is 18.0 Å². The van der Waals surface area contributed by atoms with Crippen LogP contribution in [0.25, 0.3) is 0 Å². The number of benzene rings is 3. The fraction of sp³-hybridized carbons (Fsp3) is 0.233. The normalized spacial score (nSPS) is 11.1. The SMILES string of the molecule is COc1cc(CC(=O)Nc2ccc([C@@H](CC(=O)O)NC(=O)CCC(=O)O)cc2)ccc1NC(=O)Nc1ccccc1C. The number of carbonyl (C=O) groups excluding carboxylic acids is 3. The maximum Gasteiger partial charge on any atom is 0.323 e. The zero-order valence-corrected chi connectivity index (χ0v) is 23.1. The summed E-state index contributed by atoms with van der Waals surface area (Å²) in [6, 6.07) is 17.3. The van der Waals surface area contributed by atoms with Gasteiger partial charge < -0.3 is 36.2 Å². The molecule has 220 valence electrons. The first-order chi connectivity index (χ1) is 20.0. The number of anilines is 3. The maximum absolute atomic E-state index is 12.7. The van der Waals surface area contributed by atoms with Crippen LogP contribution in [-0.4, -0.2) is 47.1 Å². The first-order valence-corrected chi connectivity index (χ1v) is 13.0. The Labute approximate surface area is 242 Å². The van der Waals surface area contributed by atoms with Gasteiger partial charge in [0.05, 0.1) is 38.1 Å². The highest BCUT2D eigenvalue weighted by Gasteiger charge is 2.19. The summed E-state index contributed by atoms with van der Waals surface area (Å²) in [5, 5.41) is 28.8. The van der Waals surface area contributed by atoms with Crippen molar-refractivity contribution in [3.63, 3.8) is 0 Å². The minimum Gasteiger partial charge on any atom is -0.495 e. The Kier molecular flexibility index (Phi) is 11.0. The number of para-hydroxylation sites is 1. The fourth-order valence-electron chi connectivity index (χ4n) is 4.04. The molecule has 0 aliphatic heterocycles. The molecule has 0 saturated carbocycles. The van der Waals surface area contributed by atoms with Gasteiger partial charge in [0.1, 0.15) is 5.75 Å². The third-order valence-electron chi connectivity index (χ3n) is 6.15. The smallest absolute Gasteiger partial charge is 0.323 e. The molecule has 0 radical (unpaired) electrons. The molecule has 3 aromatic rings. The van der Waals surface area contributed by atoms with E-state index in [-0.39, 0.29) is 25.2 Å². The molecule has 0 aliphatic rings. The third kappa shape index (κ3) is 9.66. The number of hydrogen-bond donors (Lipinski definition) is 6. The fourth-order valence-corrected chi connectivity index (χ4v) is 4.04. The van der Waals surface area contributed by atoms with E-state index in [1.807, 2.05) is 25.1 Å². The number of urea groups is 1. The van der Waals surface area contributed by atoms with Crippen molar-refractivity contribution in [2.75, 3.05) is 23.1 Å². The van der Waals surface area contributed by atoms with Gasteiger partial charge in [0.15, 0.2) is 0 Å². The van der Waals surface area contributed by atoms with Gasteiger partial charge in [0.2, 0.25) is 11.8 Å². The van der Waals surface area contributed by atoms with Gasteiger partial charge in [0, 0.05) is 17.8 Å². The molecule has 12 heteroatoms. The van der Waals surface area contributed by atoms with Gasteiger partial charge in [-0.25, -0.2) is 4.79 Å². The number of methoxy groups -OCH3 is 1. The monoisotopic (exact) mass is 576 g/mol. The van der Waals surface area contributed by atoms with Crippen LogP contribution in [0.3, 0.4) is 0 Å². The van der Waals surface area contributed by atoms with E-state index in [0.717, 1.165) is 5.56 Å². The average molecular weight is 577 g/mol. The van der Waals surface area contributed by atoms with Gasteiger partial charge in [-0.1, -0.05) is 36.4 Å². The van der Waals surface area contributed by atoms with Gasteiger partial charge in [0.25, 0.3) is 0 Å². The quantitative estimate of drug-likeness (QED) is 0.174. The molecular formula is C30H32N4O8. The number of amides is 4. The van der Waals surface area contributed by atoms with E-state index in [1.165, 1.54) is 7.11 Å². The van der Waals surface area contributed by atoms with Crippen molar-refractivity contribution in [2.45, 2.75) is 38.6 Å². The Morgan fingerprint density at radius 1 is 0.786 bits per heavy atom. The molecule has 3 rings (SSSR count). The van der Waals surface area contributed by atoms with Gasteiger partial charge in [-0.2, -0.15) is 0 Å². The minimum absolute atomic E-state index is 0.00900. The second-order valence-corrected chi connectivity index (χ2v) is 9.39. The molecule has 42 heavy (non-hydrogen) atoms. The lowest BCUT2D eigenvalue weighted by Crippen LogP contribution is -2.30. The molecule has 0 aromatic heterocycles. The van der Waals surface area contributed by atoms with Gasteiger partial charge in [-0.3, -0.25) is 19.2 Å². The third-order valence-corrected chi connectivity index (χ3v) is 6.15. The van der Waals surface area contributed by atoms with Crippen LogP contribution in [0.15, 0.2) is 66.7 Å². The molecule has 6 N–H and O–H groups in total. The largest absolute Gasteiger partial charge is 0.495 e. The van der Waals surface area contributed by atoms with E-state index < -0.39 is 36.3 Å². The standard InChI is InChI=1S/C30H32N4O8/c1-18-5-3-4-6-22(18)33-30(41)34-23-12-7-19(15-25(23)42-2)16-27(36)31-21-10-8-20(9-11-21)24(17-29(39)40)32-26(35)13-14-28(37)38/h3-12,15,24H,13-14,16-17H2,1-2H3,(H,31,36)(H,32,35)(H,37,38)(H,39,40)(H2,33,34,41)/t24-/m1/s1. The lowest BCUT2D eigenvalue weighted by molar-refractivity contribution is -0.140. The Balaban J connectivity index is 1.60. The van der Waals surface area contributed by atoms with Crippen molar-refractivity contribution in [1.29, 1.82) is 0 Å². The van der Waals surface area contributed by atoms with E-state index in [2.05, 4.69) is 21.3 Å². The molecule has 0 spiro atoms. The van der Waals surface area contributed by atoms with E-state index in [1.54, 1.807) is 48.5 Å². The van der Waals surface area contributed by atoms with E-state index >= 15 is 0 Å². The van der Waals surface area contributed by atoms with Crippen molar-refractivity contribution >= 4 is 46.8 Å². The summed E-state index contributed by atoms with van der Waals surface area (Å²) in [5.41, 5.74) is 3.58. The average Bonchev–Trinajstić information content (AvgIpc) is 2.93. The van der Waals surface area contributed by atoms with Crippen LogP contribution >= 0.6 is 0 Å². The second kappa shape index (κ2) is 14.8. The molecule has 12 nitrogen and oxygen atoms in total. The van der Waals surface area contributed by atoms with Crippen molar-refractivity contribution in [3.05, 3.63) is 83.4 Å². The van der Waals surface area contributed by atoms with Gasteiger partial charge in [-0.15, -0.1) is 0 Å². The highest BCUT2D eigenvalue weighted by Crippen LogP contribution is 2.27. The predicted octanol–water partition coefficient (Wildman–Crippen LogP) is 4.33. The number of carbonyl (C=O) groups is 5. The number of nitrogens with one attached hydrogen (secondary N) is 4. The number of carboxylic acids is 2. The Morgan fingerprint density at radius 2 is 1.48 bits per heavy atom. The zero-order chi connectivity index (χ0) is 30.6. The first kappa shape index (κ1) is 31.1. The highest BCUT2D eigenvalue weighted by atomic mass is 16.5. The molecule has 1 atom stereocenters. The van der Waals surface area contributed by atoms with Crippen LogP contribution in [0.1, 0.15) is 42.0 Å². The zero-order valence-electron chi connectivity index (χ0n) is 23.1. The van der Waals surface area contributed by atoms with Gasteiger partial charge in [-0.05, 0) is 53.9 Å². The highest BCUT2D eigenvalue weighted by molar-refractivity contribution is 6.01. The van der Waals surface area contributed by atoms with Crippen LogP contribution < -0.4 is 26.0 Å². The summed E-state index contributed by atoms with van der Waals surface area (Å²) in [6.45, 7) is 1.88. The summed E-state index contributed by atoms with van der Waals surface area (Å²) < 4.78 is 5.40. The number of ether oxygens (including phenoxy) is 1. The molecule has 0 fully saturated rings. The van der Waals surface area contributed by atoms with Crippen molar-refractivity contribution < 1.29 is 38.9 Å². The van der Waals surface area contributed by atoms with Crippen LogP contribution in [0.4, 0.5) is 21.9 Å². The summed E-state index contributed by atoms with van der Waals surface area (Å²) >= 11 is 0. The summed E-state index contributed by atoms with van der Waals surface area (Å²) in [4.78, 5) is 59.2. The van der Waals surface area contributed by atoms with E-state index in [9.17, 15) is 29.1 Å². The number of rotatable bonds is 13. The van der Waals surface area contributed by atoms with Crippen LogP contribution in [0.2, 0.25) is 0 Å². The molecule has 0 saturated heterocycles. The summed E-state index contributed by atoms with van der Waals surface area (Å²) in [6.07, 6.45) is -1.03. The topological polar surface area (TPSA) is 183 Å². The summed E-state index contributed by atoms with van der Waals surface area (Å²) in [5.74, 6) is -2.80. The van der Waals surface area contributed by atoms with Crippen molar-refractivity contribution in [1.82, 2.24) is 5.32 Å². The van der Waals surface area contributed by atoms with Crippen molar-refractivity contribution in [2.24, 2.45) is 0 Å². The number of aliphatic carboxylic acids is 2. The second-order valence-electron chi connectivity index (χ2n) is 9.39. The molecule has 0 unspecified atom stereocenters. The molecule has 3 aromatic carbocycles.